The summed E-state index contributed by atoms with van der Waals surface area (Å²) in [4.78, 5) is -0.111. The average Bonchev–Trinajstić information content (AvgIpc) is 1.86. The van der Waals surface area contributed by atoms with Gasteiger partial charge in [-0.3, -0.25) is 4.55 Å². The van der Waals surface area contributed by atoms with E-state index in [2.05, 4.69) is 15.9 Å². The molecule has 12 heavy (non-hydrogen) atoms. The van der Waals surface area contributed by atoms with Crippen LogP contribution >= 0.6 is 15.9 Å². The van der Waals surface area contributed by atoms with Gasteiger partial charge in [-0.2, -0.15) is 8.42 Å². The number of benzene rings is 1. The van der Waals surface area contributed by atoms with Gasteiger partial charge in [0.05, 0.1) is 0 Å². The van der Waals surface area contributed by atoms with Gasteiger partial charge in [0.15, 0.2) is 0 Å². The van der Waals surface area contributed by atoms with Crippen molar-refractivity contribution in [3.8, 4) is 0 Å². The van der Waals surface area contributed by atoms with Gasteiger partial charge < -0.3 is 0 Å². The van der Waals surface area contributed by atoms with Crippen molar-refractivity contribution in [3.63, 3.8) is 0 Å². The van der Waals surface area contributed by atoms with E-state index < -0.39 is 10.1 Å². The van der Waals surface area contributed by atoms with Crippen LogP contribution < -0.4 is 0 Å². The maximum Gasteiger partial charge on any atom is 0.295 e. The van der Waals surface area contributed by atoms with Gasteiger partial charge in [0.2, 0.25) is 0 Å². The van der Waals surface area contributed by atoms with E-state index in [0.717, 1.165) is 0 Å². The molecule has 0 saturated heterocycles. The Morgan fingerprint density at radius 3 is 2.08 bits per heavy atom. The Kier molecular flexibility index (Phi) is 4.89. The number of halogens is 1. The van der Waals surface area contributed by atoms with Crippen LogP contribution in [0.1, 0.15) is 0 Å². The van der Waals surface area contributed by atoms with E-state index in [0.29, 0.717) is 4.47 Å². The molecule has 1 N–H and O–H groups in total. The molecule has 1 aromatic carbocycles. The topological polar surface area (TPSA) is 54.4 Å². The largest absolute Gasteiger partial charge is 0.295 e. The standard InChI is InChI=1S/C6H5BrO3S.Tl/c7-5-3-1-2-4-6(5)11(8,9)10;/h1-4H,(H,8,9,10);. The van der Waals surface area contributed by atoms with E-state index in [1.807, 2.05) is 0 Å². The first kappa shape index (κ1) is 12.5. The Labute approximate surface area is 99.2 Å². The third-order valence-corrected chi connectivity index (χ3v) is 2.98. The van der Waals surface area contributed by atoms with Crippen LogP contribution in [0.25, 0.3) is 0 Å². The Bertz CT molecular complexity index is 363. The Balaban J connectivity index is 0.00000121. The quantitative estimate of drug-likeness (QED) is 0.528. The molecule has 3 nitrogen and oxygen atoms in total. The van der Waals surface area contributed by atoms with E-state index in [9.17, 15) is 8.42 Å². The molecule has 0 fully saturated rings. The van der Waals surface area contributed by atoms with Crippen LogP contribution in [0.5, 0.6) is 0 Å². The zero-order valence-electron chi connectivity index (χ0n) is 5.94. The fourth-order valence-corrected chi connectivity index (χ4v) is 2.12. The van der Waals surface area contributed by atoms with Crippen LogP contribution in [-0.2, 0) is 10.1 Å². The van der Waals surface area contributed by atoms with E-state index in [1.54, 1.807) is 12.1 Å². The molecule has 6 heteroatoms. The Morgan fingerprint density at radius 1 is 1.25 bits per heavy atom. The Morgan fingerprint density at radius 2 is 1.75 bits per heavy atom. The predicted octanol–water partition coefficient (Wildman–Crippen LogP) is 1.32. The van der Waals surface area contributed by atoms with Crippen molar-refractivity contribution >= 4 is 53.3 Å². The maximum absolute atomic E-state index is 10.6. The van der Waals surface area contributed by atoms with Gasteiger partial charge in [-0.05, 0) is 28.1 Å². The molecular formula is C6H5BrO3STl. The molecule has 63 valence electrons. The summed E-state index contributed by atoms with van der Waals surface area (Å²) in [6.07, 6.45) is 0. The summed E-state index contributed by atoms with van der Waals surface area (Å²) in [5, 5.41) is 0. The summed E-state index contributed by atoms with van der Waals surface area (Å²) < 4.78 is 30.1. The minimum Gasteiger partial charge on any atom is -0.282 e. The molecule has 0 aliphatic carbocycles. The zero-order valence-corrected chi connectivity index (χ0v) is 12.8. The van der Waals surface area contributed by atoms with Crippen molar-refractivity contribution in [2.24, 2.45) is 0 Å². The van der Waals surface area contributed by atoms with E-state index >= 15 is 0 Å². The summed E-state index contributed by atoms with van der Waals surface area (Å²) in [5.74, 6) is 0. The van der Waals surface area contributed by atoms with Gasteiger partial charge in [-0.1, -0.05) is 12.1 Å². The molecule has 1 rings (SSSR count). The minimum absolute atomic E-state index is 0. The number of hydrogen-bond donors (Lipinski definition) is 1. The van der Waals surface area contributed by atoms with E-state index in [-0.39, 0.29) is 32.2 Å². The van der Waals surface area contributed by atoms with Crippen molar-refractivity contribution in [2.45, 2.75) is 4.90 Å². The summed E-state index contributed by atoms with van der Waals surface area (Å²) >= 11 is 2.99. The van der Waals surface area contributed by atoms with Gasteiger partial charge in [0, 0.05) is 31.8 Å². The molecule has 0 saturated carbocycles. The molecule has 0 aliphatic rings. The second-order valence-electron chi connectivity index (χ2n) is 1.91. The molecule has 0 unspecified atom stereocenters. The normalized spacial score (nSPS) is 10.5. The molecule has 0 amide bonds. The summed E-state index contributed by atoms with van der Waals surface area (Å²) in [6, 6.07) is 6.06. The molecule has 0 atom stereocenters. The van der Waals surface area contributed by atoms with Crippen molar-refractivity contribution in [2.75, 3.05) is 0 Å². The van der Waals surface area contributed by atoms with Crippen molar-refractivity contribution in [1.29, 1.82) is 0 Å². The molecule has 1 radical (unpaired) electrons. The number of hydrogen-bond acceptors (Lipinski definition) is 2. The third kappa shape index (κ3) is 3.11. The summed E-state index contributed by atoms with van der Waals surface area (Å²) in [7, 11) is -4.08. The molecule has 0 heterocycles. The smallest absolute Gasteiger partial charge is 0.282 e. The van der Waals surface area contributed by atoms with Gasteiger partial charge in [-0.15, -0.1) is 0 Å². The molecule has 0 aromatic heterocycles. The van der Waals surface area contributed by atoms with Gasteiger partial charge in [0.1, 0.15) is 4.90 Å². The summed E-state index contributed by atoms with van der Waals surface area (Å²) in [5.41, 5.74) is 0. The zero-order chi connectivity index (χ0) is 8.48. The first-order chi connectivity index (χ1) is 5.02. The van der Waals surface area contributed by atoms with Crippen LogP contribution in [0.4, 0.5) is 0 Å². The van der Waals surface area contributed by atoms with Crippen LogP contribution in [0, 0.1) is 0 Å². The van der Waals surface area contributed by atoms with Gasteiger partial charge in [0.25, 0.3) is 10.1 Å². The molecule has 0 aliphatic heterocycles. The fourth-order valence-electron chi connectivity index (χ4n) is 0.654. The van der Waals surface area contributed by atoms with E-state index in [1.165, 1.54) is 12.1 Å². The summed E-state index contributed by atoms with van der Waals surface area (Å²) in [6.45, 7) is 0. The van der Waals surface area contributed by atoms with Crippen LogP contribution in [0.3, 0.4) is 0 Å². The van der Waals surface area contributed by atoms with Crippen LogP contribution in [-0.4, -0.2) is 40.3 Å². The first-order valence-corrected chi connectivity index (χ1v) is 4.97. The minimum atomic E-state index is -4.08. The average molecular weight is 441 g/mol. The van der Waals surface area contributed by atoms with Crippen LogP contribution in [0.2, 0.25) is 0 Å². The number of rotatable bonds is 1. The molecule has 0 bridgehead atoms. The first-order valence-electron chi connectivity index (χ1n) is 2.74. The second kappa shape index (κ2) is 4.68. The Hall–Kier alpha value is 0.532. The van der Waals surface area contributed by atoms with Gasteiger partial charge >= 0.3 is 0 Å². The van der Waals surface area contributed by atoms with Crippen LogP contribution in [0.15, 0.2) is 33.6 Å². The molecule has 0 spiro atoms. The monoisotopic (exact) mass is 441 g/mol. The second-order valence-corrected chi connectivity index (χ2v) is 4.15. The third-order valence-electron chi connectivity index (χ3n) is 1.11. The van der Waals surface area contributed by atoms with E-state index in [4.69, 9.17) is 4.55 Å². The maximum atomic E-state index is 10.6. The van der Waals surface area contributed by atoms with Crippen molar-refractivity contribution in [1.82, 2.24) is 0 Å². The predicted molar refractivity (Wildman–Crippen MR) is 49.7 cm³/mol. The SMILES string of the molecule is O=S(=O)(O)c1ccccc1Br.[Tl]. The fraction of sp³-hybridized carbons (Fsp3) is 0. The molecular weight excluding hydrogens is 436 g/mol. The molecule has 1 aromatic rings. The van der Waals surface area contributed by atoms with Crippen molar-refractivity contribution in [3.05, 3.63) is 28.7 Å². The van der Waals surface area contributed by atoms with Crippen molar-refractivity contribution < 1.29 is 13.0 Å². The van der Waals surface area contributed by atoms with Gasteiger partial charge in [-0.25, -0.2) is 0 Å².